The minimum atomic E-state index is -0.267. The highest BCUT2D eigenvalue weighted by molar-refractivity contribution is 5.98. The van der Waals surface area contributed by atoms with Crippen molar-refractivity contribution < 1.29 is 19.1 Å². The number of carbonyl (C=O) groups excluding carboxylic acids is 2. The second-order valence-corrected chi connectivity index (χ2v) is 8.17. The minimum Gasteiger partial charge on any atom is -0.481 e. The van der Waals surface area contributed by atoms with Crippen LogP contribution in [-0.4, -0.2) is 76.6 Å². The molecule has 2 amide bonds. The van der Waals surface area contributed by atoms with Crippen LogP contribution in [0.4, 0.5) is 4.79 Å². The molecule has 0 aliphatic carbocycles. The van der Waals surface area contributed by atoms with Gasteiger partial charge in [-0.25, -0.2) is 9.78 Å². The lowest BCUT2D eigenvalue weighted by atomic mass is 9.92. The molecular weight excluding hydrogens is 360 g/mol. The number of amides is 2. The highest BCUT2D eigenvalue weighted by Gasteiger charge is 2.49. The first-order valence-electron chi connectivity index (χ1n) is 9.93. The van der Waals surface area contributed by atoms with E-state index < -0.39 is 0 Å². The van der Waals surface area contributed by atoms with E-state index in [0.29, 0.717) is 37.7 Å². The second-order valence-electron chi connectivity index (χ2n) is 8.17. The highest BCUT2D eigenvalue weighted by Crippen LogP contribution is 2.34. The lowest BCUT2D eigenvalue weighted by Crippen LogP contribution is -2.60. The van der Waals surface area contributed by atoms with Crippen LogP contribution < -0.4 is 4.74 Å². The Hall–Kier alpha value is -2.35. The molecule has 1 atom stereocenters. The number of carbonyl (C=O) groups is 2. The molecule has 1 aromatic rings. The first-order valence-corrected chi connectivity index (χ1v) is 9.93. The van der Waals surface area contributed by atoms with E-state index in [4.69, 9.17) is 9.47 Å². The Morgan fingerprint density at radius 3 is 2.79 bits per heavy atom. The van der Waals surface area contributed by atoms with E-state index in [1.807, 2.05) is 29.7 Å². The molecule has 1 aromatic heterocycles. The number of rotatable bonds is 5. The van der Waals surface area contributed by atoms with Crippen LogP contribution in [0.5, 0.6) is 5.88 Å². The standard InChI is InChI=1S/C20H28N4O4/c1-5-20-11-22(6-7-24(20)19(26)28-12-20)9-14-8-15-16(21-17(14)27-4)10-23(13(2)3)18(15)25/h8,13H,5-7,9-12H2,1-4H3. The number of hydrogen-bond acceptors (Lipinski definition) is 6. The van der Waals surface area contributed by atoms with E-state index >= 15 is 0 Å². The van der Waals surface area contributed by atoms with Crippen molar-refractivity contribution in [2.75, 3.05) is 33.4 Å². The van der Waals surface area contributed by atoms with E-state index in [0.717, 1.165) is 30.8 Å². The fourth-order valence-electron chi connectivity index (χ4n) is 4.50. The van der Waals surface area contributed by atoms with Crippen molar-refractivity contribution >= 4 is 12.0 Å². The molecule has 0 radical (unpaired) electrons. The van der Waals surface area contributed by atoms with Gasteiger partial charge in [0.05, 0.1) is 30.5 Å². The first-order chi connectivity index (χ1) is 13.4. The summed E-state index contributed by atoms with van der Waals surface area (Å²) in [6.45, 7) is 9.84. The van der Waals surface area contributed by atoms with Gasteiger partial charge in [-0.15, -0.1) is 0 Å². The maximum absolute atomic E-state index is 12.7. The number of pyridine rings is 1. The zero-order valence-corrected chi connectivity index (χ0v) is 17.0. The van der Waals surface area contributed by atoms with Crippen LogP contribution in [0.15, 0.2) is 6.07 Å². The van der Waals surface area contributed by atoms with Crippen molar-refractivity contribution in [2.45, 2.75) is 51.9 Å². The van der Waals surface area contributed by atoms with Gasteiger partial charge in [0.1, 0.15) is 6.61 Å². The molecule has 8 heteroatoms. The summed E-state index contributed by atoms with van der Waals surface area (Å²) in [7, 11) is 1.62. The predicted molar refractivity (Wildman–Crippen MR) is 102 cm³/mol. The Bertz CT molecular complexity index is 812. The van der Waals surface area contributed by atoms with Crippen LogP contribution in [0, 0.1) is 0 Å². The highest BCUT2D eigenvalue weighted by atomic mass is 16.6. The van der Waals surface area contributed by atoms with E-state index in [-0.39, 0.29) is 23.6 Å². The largest absolute Gasteiger partial charge is 0.481 e. The molecule has 2 fully saturated rings. The molecule has 3 aliphatic heterocycles. The summed E-state index contributed by atoms with van der Waals surface area (Å²) in [6, 6.07) is 2.07. The number of cyclic esters (lactones) is 1. The fourth-order valence-corrected chi connectivity index (χ4v) is 4.50. The summed E-state index contributed by atoms with van der Waals surface area (Å²) in [5.41, 5.74) is 2.10. The summed E-state index contributed by atoms with van der Waals surface area (Å²) < 4.78 is 10.9. The molecule has 8 nitrogen and oxygen atoms in total. The lowest BCUT2D eigenvalue weighted by molar-refractivity contribution is 0.0444. The van der Waals surface area contributed by atoms with Crippen LogP contribution in [0.25, 0.3) is 0 Å². The number of methoxy groups -OCH3 is 1. The average molecular weight is 388 g/mol. The summed E-state index contributed by atoms with van der Waals surface area (Å²) in [4.78, 5) is 35.4. The molecule has 152 valence electrons. The average Bonchev–Trinajstić information content (AvgIpc) is 3.19. The van der Waals surface area contributed by atoms with Crippen molar-refractivity contribution in [3.05, 3.63) is 22.9 Å². The van der Waals surface area contributed by atoms with Crippen molar-refractivity contribution in [3.63, 3.8) is 0 Å². The van der Waals surface area contributed by atoms with Crippen molar-refractivity contribution in [1.82, 2.24) is 19.7 Å². The second kappa shape index (κ2) is 6.92. The number of piperazine rings is 1. The van der Waals surface area contributed by atoms with Crippen LogP contribution in [-0.2, 0) is 17.8 Å². The molecule has 1 unspecified atom stereocenters. The van der Waals surface area contributed by atoms with Gasteiger partial charge in [-0.1, -0.05) is 6.92 Å². The van der Waals surface area contributed by atoms with Crippen molar-refractivity contribution in [1.29, 1.82) is 0 Å². The van der Waals surface area contributed by atoms with Gasteiger partial charge in [-0.3, -0.25) is 14.6 Å². The number of aromatic nitrogens is 1. The summed E-state index contributed by atoms with van der Waals surface area (Å²) in [5.74, 6) is 0.606. The summed E-state index contributed by atoms with van der Waals surface area (Å²) >= 11 is 0. The van der Waals surface area contributed by atoms with Gasteiger partial charge in [-0.2, -0.15) is 0 Å². The molecular formula is C20H28N4O4. The van der Waals surface area contributed by atoms with Crippen molar-refractivity contribution in [3.8, 4) is 5.88 Å². The Morgan fingerprint density at radius 1 is 1.32 bits per heavy atom. The zero-order valence-electron chi connectivity index (χ0n) is 17.0. The summed E-state index contributed by atoms with van der Waals surface area (Å²) in [5, 5.41) is 0. The van der Waals surface area contributed by atoms with Crippen LogP contribution in [0.2, 0.25) is 0 Å². The lowest BCUT2D eigenvalue weighted by Gasteiger charge is -2.44. The molecule has 4 rings (SSSR count). The van der Waals surface area contributed by atoms with Crippen LogP contribution in [0.1, 0.15) is 48.8 Å². The number of hydrogen-bond donors (Lipinski definition) is 0. The first kappa shape index (κ1) is 19.0. The number of fused-ring (bicyclic) bond motifs is 2. The van der Waals surface area contributed by atoms with E-state index in [1.165, 1.54) is 0 Å². The van der Waals surface area contributed by atoms with Crippen LogP contribution in [0.3, 0.4) is 0 Å². The third-order valence-electron chi connectivity index (χ3n) is 6.24. The quantitative estimate of drug-likeness (QED) is 0.767. The molecule has 0 bridgehead atoms. The van der Waals surface area contributed by atoms with Gasteiger partial charge >= 0.3 is 6.09 Å². The number of nitrogens with zero attached hydrogens (tertiary/aromatic N) is 4. The fraction of sp³-hybridized carbons (Fsp3) is 0.650. The van der Waals surface area contributed by atoms with Gasteiger partial charge in [0.2, 0.25) is 5.88 Å². The maximum Gasteiger partial charge on any atom is 0.410 e. The SMILES string of the molecule is CCC12COC(=O)N1CCN(Cc1cc3c(nc1OC)CN(C(C)C)C3=O)C2. The van der Waals surface area contributed by atoms with Crippen LogP contribution >= 0.6 is 0 Å². The van der Waals surface area contributed by atoms with Gasteiger partial charge in [0.15, 0.2) is 0 Å². The Balaban J connectivity index is 1.58. The molecule has 0 N–H and O–H groups in total. The third kappa shape index (κ3) is 2.90. The van der Waals surface area contributed by atoms with Crippen molar-refractivity contribution in [2.24, 2.45) is 0 Å². The molecule has 0 aromatic carbocycles. The molecule has 3 aliphatic rings. The zero-order chi connectivity index (χ0) is 20.1. The Kier molecular flexibility index (Phi) is 4.69. The van der Waals surface area contributed by atoms with Gasteiger partial charge < -0.3 is 14.4 Å². The van der Waals surface area contributed by atoms with Gasteiger partial charge in [0.25, 0.3) is 5.91 Å². The molecule has 0 spiro atoms. The van der Waals surface area contributed by atoms with E-state index in [9.17, 15) is 9.59 Å². The van der Waals surface area contributed by atoms with Gasteiger partial charge in [0, 0.05) is 37.8 Å². The monoisotopic (exact) mass is 388 g/mol. The molecule has 2 saturated heterocycles. The van der Waals surface area contributed by atoms with E-state index in [1.54, 1.807) is 7.11 Å². The molecule has 28 heavy (non-hydrogen) atoms. The normalized spacial score (nSPS) is 24.6. The topological polar surface area (TPSA) is 75.2 Å². The smallest absolute Gasteiger partial charge is 0.410 e. The summed E-state index contributed by atoms with van der Waals surface area (Å²) in [6.07, 6.45) is 0.633. The Labute approximate surface area is 165 Å². The molecule has 0 saturated carbocycles. The maximum atomic E-state index is 12.7. The number of ether oxygens (including phenoxy) is 2. The molecule has 4 heterocycles. The van der Waals surface area contributed by atoms with Gasteiger partial charge in [-0.05, 0) is 26.3 Å². The predicted octanol–water partition coefficient (Wildman–Crippen LogP) is 1.87. The minimum absolute atomic E-state index is 0.0334. The van der Waals surface area contributed by atoms with E-state index in [2.05, 4.69) is 16.8 Å². The third-order valence-corrected chi connectivity index (χ3v) is 6.24. The Morgan fingerprint density at radius 2 is 2.11 bits per heavy atom.